The SMILES string of the molecule is COC(=O)C(Oc1c(F)c(F)c(F)c(F)c1F)C1CC1. The number of carbonyl (C=O) groups excluding carboxylic acids is 1. The first kappa shape index (κ1) is 14.5. The standard InChI is InChI=1S/C12H9F5O3/c1-19-12(18)10(4-2-3-4)20-11-8(16)6(14)5(13)7(15)9(11)17/h4,10H,2-3H2,1H3. The lowest BCUT2D eigenvalue weighted by atomic mass is 10.2. The molecule has 1 aliphatic rings. The van der Waals surface area contributed by atoms with E-state index >= 15 is 0 Å². The first-order valence-electron chi connectivity index (χ1n) is 5.64. The van der Waals surface area contributed by atoms with Crippen LogP contribution in [0.2, 0.25) is 0 Å². The van der Waals surface area contributed by atoms with E-state index in [1.807, 2.05) is 0 Å². The Kier molecular flexibility index (Phi) is 3.82. The molecule has 20 heavy (non-hydrogen) atoms. The molecule has 2 rings (SSSR count). The predicted octanol–water partition coefficient (Wildman–Crippen LogP) is 2.71. The van der Waals surface area contributed by atoms with Crippen LogP contribution in [0.15, 0.2) is 0 Å². The molecule has 1 fully saturated rings. The third-order valence-corrected chi connectivity index (χ3v) is 2.90. The normalized spacial score (nSPS) is 15.9. The summed E-state index contributed by atoms with van der Waals surface area (Å²) < 4.78 is 74.8. The molecule has 0 amide bonds. The largest absolute Gasteiger partial charge is 0.472 e. The smallest absolute Gasteiger partial charge is 0.347 e. The fraction of sp³-hybridized carbons (Fsp3) is 0.417. The molecule has 1 aromatic rings. The lowest BCUT2D eigenvalue weighted by Crippen LogP contribution is -2.31. The number of carbonyl (C=O) groups is 1. The zero-order valence-electron chi connectivity index (χ0n) is 10.2. The van der Waals surface area contributed by atoms with Crippen molar-refractivity contribution in [3.63, 3.8) is 0 Å². The zero-order chi connectivity index (χ0) is 15.0. The molecule has 0 saturated heterocycles. The molecule has 3 nitrogen and oxygen atoms in total. The monoisotopic (exact) mass is 296 g/mol. The van der Waals surface area contributed by atoms with Gasteiger partial charge >= 0.3 is 5.97 Å². The first-order chi connectivity index (χ1) is 9.38. The minimum Gasteiger partial charge on any atom is -0.472 e. The van der Waals surface area contributed by atoms with Crippen molar-refractivity contribution >= 4 is 5.97 Å². The summed E-state index contributed by atoms with van der Waals surface area (Å²) in [6.45, 7) is 0. The molecule has 1 aliphatic carbocycles. The maximum Gasteiger partial charge on any atom is 0.347 e. The second-order valence-corrected chi connectivity index (χ2v) is 4.30. The summed E-state index contributed by atoms with van der Waals surface area (Å²) >= 11 is 0. The number of methoxy groups -OCH3 is 1. The van der Waals surface area contributed by atoms with Crippen LogP contribution in [0.5, 0.6) is 5.75 Å². The van der Waals surface area contributed by atoms with Crippen LogP contribution in [0.25, 0.3) is 0 Å². The van der Waals surface area contributed by atoms with E-state index in [0.29, 0.717) is 12.8 Å². The highest BCUT2D eigenvalue weighted by molar-refractivity contribution is 5.75. The number of halogens is 5. The highest BCUT2D eigenvalue weighted by Crippen LogP contribution is 2.37. The van der Waals surface area contributed by atoms with Crippen LogP contribution < -0.4 is 4.74 Å². The summed E-state index contributed by atoms with van der Waals surface area (Å²) in [5, 5.41) is 0. The molecule has 0 spiro atoms. The summed E-state index contributed by atoms with van der Waals surface area (Å²) in [5.74, 6) is -13.5. The predicted molar refractivity (Wildman–Crippen MR) is 55.4 cm³/mol. The Morgan fingerprint density at radius 2 is 1.45 bits per heavy atom. The maximum absolute atomic E-state index is 13.4. The number of rotatable bonds is 4. The molecule has 0 aliphatic heterocycles. The van der Waals surface area contributed by atoms with Crippen molar-refractivity contribution in [1.29, 1.82) is 0 Å². The van der Waals surface area contributed by atoms with Crippen molar-refractivity contribution in [2.75, 3.05) is 7.11 Å². The van der Waals surface area contributed by atoms with Crippen molar-refractivity contribution in [2.45, 2.75) is 18.9 Å². The van der Waals surface area contributed by atoms with E-state index in [1.54, 1.807) is 0 Å². The van der Waals surface area contributed by atoms with Gasteiger partial charge in [-0.15, -0.1) is 0 Å². The second-order valence-electron chi connectivity index (χ2n) is 4.30. The molecular weight excluding hydrogens is 287 g/mol. The lowest BCUT2D eigenvalue weighted by molar-refractivity contribution is -0.150. The van der Waals surface area contributed by atoms with Crippen LogP contribution in [0.4, 0.5) is 22.0 Å². The van der Waals surface area contributed by atoms with Crippen LogP contribution in [0, 0.1) is 35.0 Å². The van der Waals surface area contributed by atoms with Crippen molar-refractivity contribution in [2.24, 2.45) is 5.92 Å². The van der Waals surface area contributed by atoms with Crippen molar-refractivity contribution in [3.05, 3.63) is 29.1 Å². The van der Waals surface area contributed by atoms with E-state index in [9.17, 15) is 26.7 Å². The van der Waals surface area contributed by atoms with Gasteiger partial charge in [-0.1, -0.05) is 0 Å². The van der Waals surface area contributed by atoms with Crippen LogP contribution in [0.3, 0.4) is 0 Å². The van der Waals surface area contributed by atoms with Gasteiger partial charge in [-0.25, -0.2) is 18.0 Å². The Hall–Kier alpha value is -1.86. The van der Waals surface area contributed by atoms with Crippen LogP contribution in [-0.2, 0) is 9.53 Å². The molecule has 8 heteroatoms. The van der Waals surface area contributed by atoms with Gasteiger partial charge in [0.1, 0.15) is 0 Å². The van der Waals surface area contributed by atoms with E-state index in [2.05, 4.69) is 4.74 Å². The zero-order valence-corrected chi connectivity index (χ0v) is 10.2. The number of ether oxygens (including phenoxy) is 2. The number of hydrogen-bond donors (Lipinski definition) is 0. The van der Waals surface area contributed by atoms with Gasteiger partial charge in [0.05, 0.1) is 7.11 Å². The van der Waals surface area contributed by atoms with Gasteiger partial charge in [0.2, 0.25) is 29.1 Å². The van der Waals surface area contributed by atoms with Gasteiger partial charge in [0.25, 0.3) is 0 Å². The minimum atomic E-state index is -2.28. The molecule has 1 aromatic carbocycles. The summed E-state index contributed by atoms with van der Waals surface area (Å²) in [5.41, 5.74) is 0. The number of benzene rings is 1. The topological polar surface area (TPSA) is 35.5 Å². The Labute approximate surface area is 110 Å². The Morgan fingerprint density at radius 3 is 1.85 bits per heavy atom. The Bertz CT molecular complexity index is 528. The van der Waals surface area contributed by atoms with Crippen LogP contribution in [-0.4, -0.2) is 19.2 Å². The lowest BCUT2D eigenvalue weighted by Gasteiger charge is -2.17. The van der Waals surface area contributed by atoms with E-state index in [4.69, 9.17) is 4.74 Å². The van der Waals surface area contributed by atoms with E-state index in [-0.39, 0.29) is 5.92 Å². The minimum absolute atomic E-state index is 0.363. The van der Waals surface area contributed by atoms with Gasteiger partial charge < -0.3 is 9.47 Å². The highest BCUT2D eigenvalue weighted by atomic mass is 19.2. The van der Waals surface area contributed by atoms with E-state index in [0.717, 1.165) is 7.11 Å². The second kappa shape index (κ2) is 5.26. The van der Waals surface area contributed by atoms with Gasteiger partial charge in [-0.3, -0.25) is 0 Å². The molecular formula is C12H9F5O3. The third kappa shape index (κ3) is 2.41. The summed E-state index contributed by atoms with van der Waals surface area (Å²) in [4.78, 5) is 11.4. The summed E-state index contributed by atoms with van der Waals surface area (Å²) in [7, 11) is 1.03. The molecule has 0 aromatic heterocycles. The molecule has 0 N–H and O–H groups in total. The van der Waals surface area contributed by atoms with E-state index in [1.165, 1.54) is 0 Å². The number of esters is 1. The fourth-order valence-electron chi connectivity index (χ4n) is 1.67. The number of hydrogen-bond acceptors (Lipinski definition) is 3. The van der Waals surface area contributed by atoms with Crippen molar-refractivity contribution in [3.8, 4) is 5.75 Å². The Balaban J connectivity index is 2.40. The van der Waals surface area contributed by atoms with E-state index < -0.39 is 46.9 Å². The average molecular weight is 296 g/mol. The quantitative estimate of drug-likeness (QED) is 0.371. The molecule has 1 saturated carbocycles. The fourth-order valence-corrected chi connectivity index (χ4v) is 1.67. The molecule has 0 heterocycles. The molecule has 1 unspecified atom stereocenters. The first-order valence-corrected chi connectivity index (χ1v) is 5.64. The van der Waals surface area contributed by atoms with Crippen LogP contribution >= 0.6 is 0 Å². The molecule has 1 atom stereocenters. The summed E-state index contributed by atoms with van der Waals surface area (Å²) in [6, 6.07) is 0. The van der Waals surface area contributed by atoms with Gasteiger partial charge in [0, 0.05) is 5.92 Å². The molecule has 0 radical (unpaired) electrons. The van der Waals surface area contributed by atoms with Crippen molar-refractivity contribution < 1.29 is 36.2 Å². The van der Waals surface area contributed by atoms with Gasteiger partial charge in [0.15, 0.2) is 11.9 Å². The van der Waals surface area contributed by atoms with Gasteiger partial charge in [-0.2, -0.15) is 8.78 Å². The Morgan fingerprint density at radius 1 is 1.00 bits per heavy atom. The highest BCUT2D eigenvalue weighted by Gasteiger charge is 2.41. The average Bonchev–Trinajstić information content (AvgIpc) is 3.27. The third-order valence-electron chi connectivity index (χ3n) is 2.90. The van der Waals surface area contributed by atoms with Crippen molar-refractivity contribution in [1.82, 2.24) is 0 Å². The maximum atomic E-state index is 13.4. The summed E-state index contributed by atoms with van der Waals surface area (Å²) in [6.07, 6.45) is -0.321. The van der Waals surface area contributed by atoms with Gasteiger partial charge in [-0.05, 0) is 12.8 Å². The molecule has 0 bridgehead atoms. The van der Waals surface area contributed by atoms with Crippen LogP contribution in [0.1, 0.15) is 12.8 Å². The molecule has 110 valence electrons.